The summed E-state index contributed by atoms with van der Waals surface area (Å²) in [5.74, 6) is 1.01. The van der Waals surface area contributed by atoms with Gasteiger partial charge in [0.25, 0.3) is 11.7 Å². The van der Waals surface area contributed by atoms with Crippen LogP contribution in [0.3, 0.4) is 0 Å². The number of hydrogen-bond donors (Lipinski definition) is 1. The van der Waals surface area contributed by atoms with Gasteiger partial charge < -0.3 is 5.32 Å². The fraction of sp³-hybridized carbons (Fsp3) is 0.318. The van der Waals surface area contributed by atoms with Crippen LogP contribution in [-0.4, -0.2) is 35.3 Å². The van der Waals surface area contributed by atoms with Gasteiger partial charge in [-0.05, 0) is 46.2 Å². The van der Waals surface area contributed by atoms with E-state index in [0.717, 1.165) is 22.6 Å². The Balaban J connectivity index is 1.53. The van der Waals surface area contributed by atoms with Crippen molar-refractivity contribution in [3.05, 3.63) is 75.6 Å². The molecule has 3 aromatic heterocycles. The SMILES string of the molecule is Cc1ccc(Cn2nc(C)c(C(=O)NCc3nnc4nc(C)cc(C)n34)c2C)cc1. The summed E-state index contributed by atoms with van der Waals surface area (Å²) in [5.41, 5.74) is 6.36. The Bertz CT molecular complexity index is 1230. The van der Waals surface area contributed by atoms with Crippen LogP contribution in [0.25, 0.3) is 5.78 Å². The van der Waals surface area contributed by atoms with E-state index in [0.29, 0.717) is 29.4 Å². The Morgan fingerprint density at radius 2 is 1.77 bits per heavy atom. The van der Waals surface area contributed by atoms with E-state index in [9.17, 15) is 4.79 Å². The molecule has 0 spiro atoms. The number of aromatic nitrogens is 6. The Morgan fingerprint density at radius 1 is 1.03 bits per heavy atom. The molecule has 0 aliphatic carbocycles. The van der Waals surface area contributed by atoms with Crippen molar-refractivity contribution in [2.75, 3.05) is 0 Å². The quantitative estimate of drug-likeness (QED) is 0.553. The molecule has 0 aliphatic heterocycles. The first-order valence-electron chi connectivity index (χ1n) is 9.89. The zero-order chi connectivity index (χ0) is 21.4. The molecule has 0 atom stereocenters. The van der Waals surface area contributed by atoms with E-state index in [1.165, 1.54) is 5.56 Å². The molecule has 154 valence electrons. The molecule has 4 aromatic rings. The fourth-order valence-electron chi connectivity index (χ4n) is 3.71. The van der Waals surface area contributed by atoms with Crippen molar-refractivity contribution in [1.29, 1.82) is 0 Å². The molecule has 30 heavy (non-hydrogen) atoms. The number of nitrogens with zero attached hydrogens (tertiary/aromatic N) is 6. The van der Waals surface area contributed by atoms with Gasteiger partial charge in [-0.15, -0.1) is 10.2 Å². The predicted octanol–water partition coefficient (Wildman–Crippen LogP) is 2.84. The monoisotopic (exact) mass is 403 g/mol. The summed E-state index contributed by atoms with van der Waals surface area (Å²) < 4.78 is 3.73. The third-order valence-corrected chi connectivity index (χ3v) is 5.23. The van der Waals surface area contributed by atoms with Crippen molar-refractivity contribution in [1.82, 2.24) is 34.7 Å². The van der Waals surface area contributed by atoms with Crippen molar-refractivity contribution >= 4 is 11.7 Å². The average molecular weight is 403 g/mol. The molecule has 0 saturated carbocycles. The van der Waals surface area contributed by atoms with Gasteiger partial charge in [0.05, 0.1) is 24.3 Å². The maximum atomic E-state index is 12.9. The molecule has 4 rings (SSSR count). The molecule has 1 N–H and O–H groups in total. The number of aryl methyl sites for hydroxylation is 4. The molecule has 0 radical (unpaired) electrons. The fourth-order valence-corrected chi connectivity index (χ4v) is 3.71. The van der Waals surface area contributed by atoms with E-state index < -0.39 is 0 Å². The number of benzene rings is 1. The van der Waals surface area contributed by atoms with Crippen LogP contribution in [0.5, 0.6) is 0 Å². The van der Waals surface area contributed by atoms with Gasteiger partial charge in [0.2, 0.25) is 0 Å². The lowest BCUT2D eigenvalue weighted by Gasteiger charge is -2.08. The van der Waals surface area contributed by atoms with Crippen LogP contribution < -0.4 is 5.32 Å². The highest BCUT2D eigenvalue weighted by atomic mass is 16.1. The highest BCUT2D eigenvalue weighted by Crippen LogP contribution is 2.16. The number of amides is 1. The molecule has 3 heterocycles. The summed E-state index contributed by atoms with van der Waals surface area (Å²) in [7, 11) is 0. The second-order valence-corrected chi connectivity index (χ2v) is 7.66. The van der Waals surface area contributed by atoms with E-state index in [2.05, 4.69) is 56.8 Å². The lowest BCUT2D eigenvalue weighted by Crippen LogP contribution is -2.25. The van der Waals surface area contributed by atoms with E-state index in [1.54, 1.807) is 0 Å². The number of rotatable bonds is 5. The van der Waals surface area contributed by atoms with Crippen LogP contribution in [0, 0.1) is 34.6 Å². The second kappa shape index (κ2) is 7.70. The normalized spacial score (nSPS) is 11.2. The summed E-state index contributed by atoms with van der Waals surface area (Å²) in [4.78, 5) is 17.3. The van der Waals surface area contributed by atoms with Gasteiger partial charge in [-0.1, -0.05) is 29.8 Å². The average Bonchev–Trinajstić information content (AvgIpc) is 3.22. The zero-order valence-corrected chi connectivity index (χ0v) is 17.9. The van der Waals surface area contributed by atoms with Crippen LogP contribution in [0.4, 0.5) is 0 Å². The Kier molecular flexibility index (Phi) is 5.07. The largest absolute Gasteiger partial charge is 0.345 e. The second-order valence-electron chi connectivity index (χ2n) is 7.66. The third-order valence-electron chi connectivity index (χ3n) is 5.23. The number of fused-ring (bicyclic) bond motifs is 1. The lowest BCUT2D eigenvalue weighted by molar-refractivity contribution is 0.0948. The molecule has 8 nitrogen and oxygen atoms in total. The summed E-state index contributed by atoms with van der Waals surface area (Å²) >= 11 is 0. The minimum absolute atomic E-state index is 0.172. The predicted molar refractivity (Wildman–Crippen MR) is 113 cm³/mol. The summed E-state index contributed by atoms with van der Waals surface area (Å²) in [5, 5.41) is 15.8. The van der Waals surface area contributed by atoms with Gasteiger partial charge in [0.1, 0.15) is 0 Å². The van der Waals surface area contributed by atoms with Crippen LogP contribution in [0.15, 0.2) is 30.3 Å². The molecule has 0 bridgehead atoms. The molecular formula is C22H25N7O. The van der Waals surface area contributed by atoms with E-state index in [4.69, 9.17) is 0 Å². The van der Waals surface area contributed by atoms with E-state index in [1.807, 2.05) is 42.8 Å². The molecular weight excluding hydrogens is 378 g/mol. The summed E-state index contributed by atoms with van der Waals surface area (Å²) in [6, 6.07) is 10.3. The maximum Gasteiger partial charge on any atom is 0.255 e. The van der Waals surface area contributed by atoms with Crippen molar-refractivity contribution in [2.24, 2.45) is 0 Å². The van der Waals surface area contributed by atoms with Gasteiger partial charge in [-0.2, -0.15) is 5.10 Å². The van der Waals surface area contributed by atoms with Gasteiger partial charge in [-0.25, -0.2) is 4.98 Å². The van der Waals surface area contributed by atoms with Gasteiger partial charge in [-0.3, -0.25) is 13.9 Å². The third kappa shape index (κ3) is 3.68. The molecule has 0 fully saturated rings. The highest BCUT2D eigenvalue weighted by Gasteiger charge is 2.19. The van der Waals surface area contributed by atoms with Crippen molar-refractivity contribution in [2.45, 2.75) is 47.7 Å². The molecule has 0 unspecified atom stereocenters. The smallest absolute Gasteiger partial charge is 0.255 e. The lowest BCUT2D eigenvalue weighted by atomic mass is 10.1. The van der Waals surface area contributed by atoms with Gasteiger partial charge >= 0.3 is 0 Å². The summed E-state index contributed by atoms with van der Waals surface area (Å²) in [6.45, 7) is 10.6. The molecule has 1 aromatic carbocycles. The van der Waals surface area contributed by atoms with Crippen molar-refractivity contribution in [3.8, 4) is 0 Å². The molecule has 1 amide bonds. The molecule has 8 heteroatoms. The first kappa shape index (κ1) is 19.8. The standard InChI is InChI=1S/C22H25N7O/c1-13-6-8-18(9-7-13)12-28-17(5)20(16(4)27-28)21(30)23-11-19-25-26-22-24-14(2)10-15(3)29(19)22/h6-10H,11-12H2,1-5H3,(H,23,30). The summed E-state index contributed by atoms with van der Waals surface area (Å²) in [6.07, 6.45) is 0. The van der Waals surface area contributed by atoms with E-state index in [-0.39, 0.29) is 12.5 Å². The van der Waals surface area contributed by atoms with Crippen LogP contribution >= 0.6 is 0 Å². The Labute approximate surface area is 175 Å². The number of nitrogens with one attached hydrogen (secondary N) is 1. The van der Waals surface area contributed by atoms with Crippen molar-refractivity contribution < 1.29 is 4.79 Å². The van der Waals surface area contributed by atoms with Crippen molar-refractivity contribution in [3.63, 3.8) is 0 Å². The van der Waals surface area contributed by atoms with E-state index >= 15 is 0 Å². The zero-order valence-electron chi connectivity index (χ0n) is 17.9. The van der Waals surface area contributed by atoms with Gasteiger partial charge in [0, 0.05) is 17.1 Å². The van der Waals surface area contributed by atoms with Crippen LogP contribution in [0.1, 0.15) is 50.1 Å². The minimum Gasteiger partial charge on any atom is -0.345 e. The first-order valence-corrected chi connectivity index (χ1v) is 9.89. The van der Waals surface area contributed by atoms with Crippen LogP contribution in [-0.2, 0) is 13.1 Å². The Morgan fingerprint density at radius 3 is 2.50 bits per heavy atom. The number of carbonyl (C=O) groups is 1. The first-order chi connectivity index (χ1) is 14.3. The maximum absolute atomic E-state index is 12.9. The minimum atomic E-state index is -0.172. The van der Waals surface area contributed by atoms with Crippen LogP contribution in [0.2, 0.25) is 0 Å². The highest BCUT2D eigenvalue weighted by molar-refractivity contribution is 5.96. The molecule has 0 saturated heterocycles. The molecule has 0 aliphatic rings. The Hall–Kier alpha value is -3.55. The topological polar surface area (TPSA) is 90.0 Å². The number of carbonyl (C=O) groups excluding carboxylic acids is 1. The number of hydrogen-bond acceptors (Lipinski definition) is 5. The van der Waals surface area contributed by atoms with Gasteiger partial charge in [0.15, 0.2) is 5.82 Å².